The van der Waals surface area contributed by atoms with Gasteiger partial charge in [-0.1, -0.05) is 54.6 Å². The number of rotatable bonds is 5. The number of benzene rings is 3. The van der Waals surface area contributed by atoms with E-state index in [1.54, 1.807) is 25.1 Å². The van der Waals surface area contributed by atoms with Crippen LogP contribution in [0.25, 0.3) is 17.2 Å². The van der Waals surface area contributed by atoms with Crippen molar-refractivity contribution in [2.45, 2.75) is 6.92 Å². The molecular weight excluding hydrogens is 366 g/mol. The number of primary amides is 1. The Labute approximate surface area is 168 Å². The maximum Gasteiger partial charge on any atom is 0.255 e. The topological polar surface area (TPSA) is 78.6 Å². The molecule has 1 amide bonds. The van der Waals surface area contributed by atoms with Gasteiger partial charge < -0.3 is 15.2 Å². The first-order valence-electron chi connectivity index (χ1n) is 9.17. The molecule has 1 heterocycles. The van der Waals surface area contributed by atoms with Crippen LogP contribution in [0.1, 0.15) is 21.5 Å². The first-order valence-corrected chi connectivity index (χ1v) is 9.17. The van der Waals surface area contributed by atoms with Gasteiger partial charge >= 0.3 is 0 Å². The molecule has 1 aliphatic heterocycles. The van der Waals surface area contributed by atoms with Crippen molar-refractivity contribution in [3.8, 4) is 22.6 Å². The maximum atomic E-state index is 12.7. The second-order valence-electron chi connectivity index (χ2n) is 6.75. The third kappa shape index (κ3) is 3.75. The van der Waals surface area contributed by atoms with E-state index in [0.29, 0.717) is 22.6 Å². The minimum Gasteiger partial charge on any atom is -0.483 e. The molecule has 0 radical (unpaired) electrons. The monoisotopic (exact) mass is 385 g/mol. The minimum atomic E-state index is -0.568. The van der Waals surface area contributed by atoms with Gasteiger partial charge in [0.1, 0.15) is 11.5 Å². The largest absolute Gasteiger partial charge is 0.483 e. The fraction of sp³-hybridized carbons (Fsp3) is 0.0833. The van der Waals surface area contributed by atoms with E-state index < -0.39 is 5.91 Å². The van der Waals surface area contributed by atoms with Crippen LogP contribution in [-0.2, 0) is 4.79 Å². The van der Waals surface area contributed by atoms with Crippen LogP contribution in [0.3, 0.4) is 0 Å². The Morgan fingerprint density at radius 2 is 1.69 bits per heavy atom. The smallest absolute Gasteiger partial charge is 0.255 e. The van der Waals surface area contributed by atoms with Crippen LogP contribution in [0.5, 0.6) is 11.5 Å². The molecule has 0 aliphatic carbocycles. The van der Waals surface area contributed by atoms with Gasteiger partial charge in [-0.25, -0.2) is 0 Å². The Morgan fingerprint density at radius 1 is 1.00 bits per heavy atom. The second kappa shape index (κ2) is 7.64. The van der Waals surface area contributed by atoms with Crippen molar-refractivity contribution in [3.63, 3.8) is 0 Å². The summed E-state index contributed by atoms with van der Waals surface area (Å²) in [6.45, 7) is 1.55. The van der Waals surface area contributed by atoms with E-state index in [0.717, 1.165) is 16.7 Å². The van der Waals surface area contributed by atoms with Crippen LogP contribution in [-0.4, -0.2) is 18.3 Å². The van der Waals surface area contributed by atoms with Gasteiger partial charge in [0.05, 0.1) is 5.56 Å². The molecule has 5 heteroatoms. The summed E-state index contributed by atoms with van der Waals surface area (Å²) in [5.41, 5.74) is 9.34. The molecule has 29 heavy (non-hydrogen) atoms. The summed E-state index contributed by atoms with van der Waals surface area (Å²) in [6, 6.07) is 21.3. The van der Waals surface area contributed by atoms with Gasteiger partial charge in [0, 0.05) is 5.56 Å². The lowest BCUT2D eigenvalue weighted by Crippen LogP contribution is -2.20. The minimum absolute atomic E-state index is 0.184. The fourth-order valence-corrected chi connectivity index (χ4v) is 3.23. The number of hydrogen-bond donors (Lipinski definition) is 1. The van der Waals surface area contributed by atoms with Crippen LogP contribution in [0.4, 0.5) is 0 Å². The van der Waals surface area contributed by atoms with Gasteiger partial charge in [-0.3, -0.25) is 9.59 Å². The summed E-state index contributed by atoms with van der Waals surface area (Å²) >= 11 is 0. The first-order chi connectivity index (χ1) is 14.0. The molecule has 2 N–H and O–H groups in total. The third-order valence-electron chi connectivity index (χ3n) is 4.72. The van der Waals surface area contributed by atoms with Crippen molar-refractivity contribution in [2.24, 2.45) is 5.73 Å². The van der Waals surface area contributed by atoms with Crippen LogP contribution < -0.4 is 15.2 Å². The molecule has 144 valence electrons. The summed E-state index contributed by atoms with van der Waals surface area (Å²) in [7, 11) is 0. The number of Topliss-reactive ketones (excluding diaryl/α,β-unsaturated/α-hetero) is 1. The van der Waals surface area contributed by atoms with E-state index in [-0.39, 0.29) is 18.1 Å². The molecule has 0 fully saturated rings. The fourth-order valence-electron chi connectivity index (χ4n) is 3.23. The van der Waals surface area contributed by atoms with E-state index in [9.17, 15) is 9.59 Å². The molecule has 0 atom stereocenters. The first kappa shape index (κ1) is 18.5. The van der Waals surface area contributed by atoms with Crippen LogP contribution in [0.2, 0.25) is 0 Å². The molecule has 5 nitrogen and oxygen atoms in total. The molecule has 3 aromatic carbocycles. The zero-order valence-electron chi connectivity index (χ0n) is 15.8. The maximum absolute atomic E-state index is 12.7. The van der Waals surface area contributed by atoms with E-state index in [1.165, 1.54) is 0 Å². The lowest BCUT2D eigenvalue weighted by Gasteiger charge is -2.09. The standard InChI is InChI=1S/C24H19NO4/c1-15-20(28-14-22(25)26)12-11-19-23(27)21(29-24(15)19)13-16-7-9-18(10-8-16)17-5-3-2-4-6-17/h2-13H,14H2,1H3,(H2,25,26)/b21-13-. The highest BCUT2D eigenvalue weighted by molar-refractivity contribution is 6.15. The van der Waals surface area contributed by atoms with Gasteiger partial charge in [0.2, 0.25) is 5.78 Å². The summed E-state index contributed by atoms with van der Waals surface area (Å²) in [5.74, 6) is 0.411. The number of carbonyl (C=O) groups excluding carboxylic acids is 2. The highest BCUT2D eigenvalue weighted by atomic mass is 16.5. The van der Waals surface area contributed by atoms with Crippen molar-refractivity contribution >= 4 is 17.8 Å². The Kier molecular flexibility index (Phi) is 4.87. The Hall–Kier alpha value is -3.86. The number of amides is 1. The summed E-state index contributed by atoms with van der Waals surface area (Å²) in [5, 5.41) is 0. The molecule has 0 saturated heterocycles. The van der Waals surface area contributed by atoms with Gasteiger partial charge in [-0.15, -0.1) is 0 Å². The Balaban J connectivity index is 1.58. The molecule has 0 saturated carbocycles. The molecular formula is C24H19NO4. The van der Waals surface area contributed by atoms with E-state index in [2.05, 4.69) is 0 Å². The van der Waals surface area contributed by atoms with Crippen molar-refractivity contribution < 1.29 is 19.1 Å². The van der Waals surface area contributed by atoms with Gasteiger partial charge in [0.25, 0.3) is 5.91 Å². The molecule has 1 aliphatic rings. The van der Waals surface area contributed by atoms with Gasteiger partial charge in [-0.05, 0) is 41.8 Å². The van der Waals surface area contributed by atoms with E-state index in [4.69, 9.17) is 15.2 Å². The molecule has 3 aromatic rings. The number of hydrogen-bond acceptors (Lipinski definition) is 4. The average molecular weight is 385 g/mol. The highest BCUT2D eigenvalue weighted by Crippen LogP contribution is 2.39. The van der Waals surface area contributed by atoms with Gasteiger partial charge in [-0.2, -0.15) is 0 Å². The number of allylic oxidation sites excluding steroid dienone is 1. The summed E-state index contributed by atoms with van der Waals surface area (Å²) in [4.78, 5) is 23.7. The number of carbonyl (C=O) groups is 2. The molecule has 0 unspecified atom stereocenters. The lowest BCUT2D eigenvalue weighted by molar-refractivity contribution is -0.119. The summed E-state index contributed by atoms with van der Waals surface area (Å²) < 4.78 is 11.2. The lowest BCUT2D eigenvalue weighted by atomic mass is 10.0. The van der Waals surface area contributed by atoms with Crippen molar-refractivity contribution in [1.29, 1.82) is 0 Å². The van der Waals surface area contributed by atoms with Crippen molar-refractivity contribution in [2.75, 3.05) is 6.61 Å². The summed E-state index contributed by atoms with van der Waals surface area (Å²) in [6.07, 6.45) is 1.72. The predicted octanol–water partition coefficient (Wildman–Crippen LogP) is 4.14. The van der Waals surface area contributed by atoms with E-state index >= 15 is 0 Å². The SMILES string of the molecule is Cc1c(OCC(N)=O)ccc2c1O/C(=C\c1ccc(-c3ccccc3)cc1)C2=O. The highest BCUT2D eigenvalue weighted by Gasteiger charge is 2.30. The number of ether oxygens (including phenoxy) is 2. The van der Waals surface area contributed by atoms with Crippen LogP contribution in [0.15, 0.2) is 72.5 Å². The number of ketones is 1. The Morgan fingerprint density at radius 3 is 2.38 bits per heavy atom. The average Bonchev–Trinajstić information content (AvgIpc) is 3.05. The number of nitrogens with two attached hydrogens (primary N) is 1. The predicted molar refractivity (Wildman–Crippen MR) is 111 cm³/mol. The third-order valence-corrected chi connectivity index (χ3v) is 4.72. The normalized spacial score (nSPS) is 13.8. The van der Waals surface area contributed by atoms with Crippen LogP contribution >= 0.6 is 0 Å². The molecule has 0 spiro atoms. The Bertz CT molecular complexity index is 1120. The van der Waals surface area contributed by atoms with E-state index in [1.807, 2.05) is 54.6 Å². The molecule has 0 aromatic heterocycles. The second-order valence-corrected chi connectivity index (χ2v) is 6.75. The number of fused-ring (bicyclic) bond motifs is 1. The van der Waals surface area contributed by atoms with Gasteiger partial charge in [0.15, 0.2) is 12.4 Å². The molecule has 0 bridgehead atoms. The zero-order chi connectivity index (χ0) is 20.4. The van der Waals surface area contributed by atoms with Crippen molar-refractivity contribution in [3.05, 3.63) is 89.2 Å². The zero-order valence-corrected chi connectivity index (χ0v) is 15.8. The van der Waals surface area contributed by atoms with Crippen LogP contribution in [0, 0.1) is 6.92 Å². The van der Waals surface area contributed by atoms with Crippen molar-refractivity contribution in [1.82, 2.24) is 0 Å². The molecule has 4 rings (SSSR count). The quantitative estimate of drug-likeness (QED) is 0.670.